The van der Waals surface area contributed by atoms with Gasteiger partial charge in [0.05, 0.1) is 0 Å². The third-order valence-electron chi connectivity index (χ3n) is 2.56. The minimum Gasteiger partial charge on any atom is -0.462 e. The Hall–Kier alpha value is -2.23. The Labute approximate surface area is 93.1 Å². The van der Waals surface area contributed by atoms with Crippen LogP contribution < -0.4 is 15.8 Å². The van der Waals surface area contributed by atoms with Crippen molar-refractivity contribution in [1.29, 1.82) is 0 Å². The van der Waals surface area contributed by atoms with Crippen LogP contribution in [0.5, 0.6) is 5.75 Å². The van der Waals surface area contributed by atoms with Gasteiger partial charge in [0.25, 0.3) is 0 Å². The molecule has 0 bridgehead atoms. The molecule has 1 unspecified atom stereocenters. The summed E-state index contributed by atoms with van der Waals surface area (Å²) in [5, 5.41) is 3.18. The molecular formula is C12H11N3O. The first-order chi connectivity index (χ1) is 7.84. The van der Waals surface area contributed by atoms with Crippen molar-refractivity contribution >= 4 is 11.5 Å². The largest absolute Gasteiger partial charge is 0.462 e. The SMILES string of the molecule is Nc1ccccc1C1Nc2ncccc2O1. The minimum absolute atomic E-state index is 0.244. The zero-order chi connectivity index (χ0) is 11.0. The summed E-state index contributed by atoms with van der Waals surface area (Å²) >= 11 is 0. The van der Waals surface area contributed by atoms with Crippen LogP contribution in [-0.4, -0.2) is 4.98 Å². The molecule has 1 atom stereocenters. The summed E-state index contributed by atoms with van der Waals surface area (Å²) in [5.74, 6) is 1.52. The number of nitrogens with one attached hydrogen (secondary N) is 1. The van der Waals surface area contributed by atoms with Crippen molar-refractivity contribution in [2.45, 2.75) is 6.23 Å². The highest BCUT2D eigenvalue weighted by molar-refractivity contribution is 5.58. The quantitative estimate of drug-likeness (QED) is 0.713. The third kappa shape index (κ3) is 1.35. The fourth-order valence-corrected chi connectivity index (χ4v) is 1.77. The zero-order valence-corrected chi connectivity index (χ0v) is 8.55. The Morgan fingerprint density at radius 2 is 2.06 bits per heavy atom. The third-order valence-corrected chi connectivity index (χ3v) is 2.56. The average molecular weight is 213 g/mol. The molecule has 0 spiro atoms. The number of ether oxygens (including phenoxy) is 1. The van der Waals surface area contributed by atoms with E-state index in [9.17, 15) is 0 Å². The molecule has 0 aliphatic carbocycles. The number of pyridine rings is 1. The van der Waals surface area contributed by atoms with Crippen LogP contribution in [0.15, 0.2) is 42.6 Å². The molecule has 2 aromatic rings. The fourth-order valence-electron chi connectivity index (χ4n) is 1.77. The van der Waals surface area contributed by atoms with Crippen LogP contribution in [0.3, 0.4) is 0 Å². The number of nitrogen functional groups attached to an aromatic ring is 1. The number of nitrogens with two attached hydrogens (primary N) is 1. The number of para-hydroxylation sites is 1. The van der Waals surface area contributed by atoms with E-state index >= 15 is 0 Å². The van der Waals surface area contributed by atoms with Crippen molar-refractivity contribution in [1.82, 2.24) is 4.98 Å². The summed E-state index contributed by atoms with van der Waals surface area (Å²) in [4.78, 5) is 4.19. The topological polar surface area (TPSA) is 60.2 Å². The van der Waals surface area contributed by atoms with Crippen molar-refractivity contribution in [3.05, 3.63) is 48.2 Å². The van der Waals surface area contributed by atoms with Crippen molar-refractivity contribution in [2.75, 3.05) is 11.1 Å². The molecular weight excluding hydrogens is 202 g/mol. The second kappa shape index (κ2) is 3.41. The number of fused-ring (bicyclic) bond motifs is 1. The lowest BCUT2D eigenvalue weighted by molar-refractivity contribution is 0.260. The van der Waals surface area contributed by atoms with Crippen LogP contribution in [0, 0.1) is 0 Å². The Bertz CT molecular complexity index is 502. The molecule has 0 radical (unpaired) electrons. The molecule has 4 heteroatoms. The molecule has 1 aromatic carbocycles. The van der Waals surface area contributed by atoms with Gasteiger partial charge in [0.2, 0.25) is 0 Å². The predicted octanol–water partition coefficient (Wildman–Crippen LogP) is 2.17. The van der Waals surface area contributed by atoms with Gasteiger partial charge in [-0.3, -0.25) is 0 Å². The molecule has 80 valence electrons. The van der Waals surface area contributed by atoms with Gasteiger partial charge in [-0.15, -0.1) is 0 Å². The first kappa shape index (κ1) is 9.03. The van der Waals surface area contributed by atoms with Gasteiger partial charge in [0.1, 0.15) is 0 Å². The van der Waals surface area contributed by atoms with E-state index in [0.29, 0.717) is 5.69 Å². The van der Waals surface area contributed by atoms with Gasteiger partial charge in [-0.2, -0.15) is 0 Å². The summed E-state index contributed by atoms with van der Waals surface area (Å²) in [5.41, 5.74) is 7.54. The maximum absolute atomic E-state index is 5.89. The molecule has 4 nitrogen and oxygen atoms in total. The summed E-state index contributed by atoms with van der Waals surface area (Å²) in [6.45, 7) is 0. The smallest absolute Gasteiger partial charge is 0.199 e. The lowest BCUT2D eigenvalue weighted by Gasteiger charge is -2.13. The average Bonchev–Trinajstić information content (AvgIpc) is 2.73. The zero-order valence-electron chi connectivity index (χ0n) is 8.55. The maximum Gasteiger partial charge on any atom is 0.199 e. The minimum atomic E-state index is -0.244. The van der Waals surface area contributed by atoms with E-state index in [2.05, 4.69) is 10.3 Å². The molecule has 1 aliphatic rings. The molecule has 1 aromatic heterocycles. The number of rotatable bonds is 1. The Kier molecular flexibility index (Phi) is 1.93. The molecule has 0 saturated carbocycles. The van der Waals surface area contributed by atoms with Crippen LogP contribution >= 0.6 is 0 Å². The molecule has 3 N–H and O–H groups in total. The van der Waals surface area contributed by atoms with Crippen LogP contribution in [0.1, 0.15) is 11.8 Å². The first-order valence-electron chi connectivity index (χ1n) is 5.07. The second-order valence-corrected chi connectivity index (χ2v) is 3.62. The van der Waals surface area contributed by atoms with Gasteiger partial charge >= 0.3 is 0 Å². The van der Waals surface area contributed by atoms with E-state index in [1.54, 1.807) is 6.20 Å². The second-order valence-electron chi connectivity index (χ2n) is 3.62. The van der Waals surface area contributed by atoms with E-state index in [4.69, 9.17) is 10.5 Å². The molecule has 1 aliphatic heterocycles. The summed E-state index contributed by atoms with van der Waals surface area (Å²) in [6, 6.07) is 11.4. The Morgan fingerprint density at radius 1 is 1.19 bits per heavy atom. The van der Waals surface area contributed by atoms with Crippen molar-refractivity contribution in [2.24, 2.45) is 0 Å². The number of hydrogen-bond acceptors (Lipinski definition) is 4. The van der Waals surface area contributed by atoms with E-state index < -0.39 is 0 Å². The molecule has 0 saturated heterocycles. The standard InChI is InChI=1S/C12H11N3O/c13-9-5-2-1-4-8(9)12-15-11-10(16-12)6-3-7-14-11/h1-7,12H,13H2,(H,14,15). The number of nitrogens with zero attached hydrogens (tertiary/aromatic N) is 1. The van der Waals surface area contributed by atoms with E-state index in [-0.39, 0.29) is 6.23 Å². The number of aromatic nitrogens is 1. The first-order valence-corrected chi connectivity index (χ1v) is 5.07. The number of benzene rings is 1. The summed E-state index contributed by atoms with van der Waals surface area (Å²) in [6.07, 6.45) is 1.48. The van der Waals surface area contributed by atoms with Crippen LogP contribution in [-0.2, 0) is 0 Å². The maximum atomic E-state index is 5.89. The Balaban J connectivity index is 1.95. The van der Waals surface area contributed by atoms with Crippen molar-refractivity contribution in [3.8, 4) is 5.75 Å². The lowest BCUT2D eigenvalue weighted by atomic mass is 10.1. The summed E-state index contributed by atoms with van der Waals surface area (Å²) in [7, 11) is 0. The summed E-state index contributed by atoms with van der Waals surface area (Å²) < 4.78 is 5.72. The molecule has 0 fully saturated rings. The number of hydrogen-bond donors (Lipinski definition) is 2. The highest BCUT2D eigenvalue weighted by Gasteiger charge is 2.25. The van der Waals surface area contributed by atoms with E-state index in [1.165, 1.54) is 0 Å². The Morgan fingerprint density at radius 3 is 2.88 bits per heavy atom. The highest BCUT2D eigenvalue weighted by Crippen LogP contribution is 2.37. The van der Waals surface area contributed by atoms with Gasteiger partial charge in [-0.1, -0.05) is 18.2 Å². The molecule has 3 rings (SSSR count). The van der Waals surface area contributed by atoms with Gasteiger partial charge in [-0.25, -0.2) is 4.98 Å². The van der Waals surface area contributed by atoms with Gasteiger partial charge in [-0.05, 0) is 18.2 Å². The lowest BCUT2D eigenvalue weighted by Crippen LogP contribution is -2.12. The van der Waals surface area contributed by atoms with Gasteiger partial charge in [0, 0.05) is 17.4 Å². The normalized spacial score (nSPS) is 17.4. The fraction of sp³-hybridized carbons (Fsp3) is 0.0833. The molecule has 2 heterocycles. The van der Waals surface area contributed by atoms with Crippen LogP contribution in [0.4, 0.5) is 11.5 Å². The van der Waals surface area contributed by atoms with Crippen LogP contribution in [0.2, 0.25) is 0 Å². The number of anilines is 2. The predicted molar refractivity (Wildman–Crippen MR) is 62.1 cm³/mol. The highest BCUT2D eigenvalue weighted by atomic mass is 16.5. The van der Waals surface area contributed by atoms with Gasteiger partial charge in [0.15, 0.2) is 17.8 Å². The monoisotopic (exact) mass is 213 g/mol. The van der Waals surface area contributed by atoms with E-state index in [1.807, 2.05) is 36.4 Å². The van der Waals surface area contributed by atoms with Gasteiger partial charge < -0.3 is 15.8 Å². The van der Waals surface area contributed by atoms with Crippen LogP contribution in [0.25, 0.3) is 0 Å². The van der Waals surface area contributed by atoms with E-state index in [0.717, 1.165) is 17.1 Å². The van der Waals surface area contributed by atoms with Crippen molar-refractivity contribution < 1.29 is 4.74 Å². The molecule has 16 heavy (non-hydrogen) atoms. The molecule has 0 amide bonds. The van der Waals surface area contributed by atoms with Crippen molar-refractivity contribution in [3.63, 3.8) is 0 Å².